The second-order valence-corrected chi connectivity index (χ2v) is 6.92. The van der Waals surface area contributed by atoms with E-state index in [0.29, 0.717) is 25.1 Å². The summed E-state index contributed by atoms with van der Waals surface area (Å²) in [4.78, 5) is 26.3. The van der Waals surface area contributed by atoms with Crippen molar-refractivity contribution in [2.75, 3.05) is 19.7 Å². The van der Waals surface area contributed by atoms with Crippen LogP contribution in [0.3, 0.4) is 0 Å². The van der Waals surface area contributed by atoms with Gasteiger partial charge in [0.2, 0.25) is 5.91 Å². The van der Waals surface area contributed by atoms with E-state index < -0.39 is 17.8 Å². The third-order valence-corrected chi connectivity index (χ3v) is 4.13. The van der Waals surface area contributed by atoms with Gasteiger partial charge in [0.05, 0.1) is 0 Å². The van der Waals surface area contributed by atoms with E-state index >= 15 is 0 Å². The normalized spacial score (nSPS) is 17.1. The summed E-state index contributed by atoms with van der Waals surface area (Å²) in [5, 5.41) is 11.7. The third kappa shape index (κ3) is 5.94. The number of aliphatic hydroxyl groups is 1. The van der Waals surface area contributed by atoms with E-state index in [1.54, 1.807) is 4.90 Å². The Morgan fingerprint density at radius 1 is 1.26 bits per heavy atom. The Labute approximate surface area is 137 Å². The fourth-order valence-corrected chi connectivity index (χ4v) is 2.70. The van der Waals surface area contributed by atoms with Crippen molar-refractivity contribution in [2.24, 2.45) is 11.8 Å². The van der Waals surface area contributed by atoms with E-state index in [9.17, 15) is 14.0 Å². The first-order valence-corrected chi connectivity index (χ1v) is 8.29. The Kier molecular flexibility index (Phi) is 7.68. The predicted molar refractivity (Wildman–Crippen MR) is 87.3 cm³/mol. The zero-order valence-corrected chi connectivity index (χ0v) is 14.6. The fraction of sp³-hybridized carbons (Fsp3) is 0.765. The maximum Gasteiger partial charge on any atom is 0.280 e. The number of carbonyl (C=O) groups excluding carboxylic acids is 2. The molecule has 0 radical (unpaired) electrons. The van der Waals surface area contributed by atoms with E-state index in [-0.39, 0.29) is 24.3 Å². The van der Waals surface area contributed by atoms with Crippen molar-refractivity contribution in [1.82, 2.24) is 10.2 Å². The molecule has 1 unspecified atom stereocenters. The van der Waals surface area contributed by atoms with Crippen molar-refractivity contribution >= 4 is 11.8 Å². The monoisotopic (exact) mass is 328 g/mol. The number of aliphatic hydroxyl groups excluding tert-OH is 1. The smallest absolute Gasteiger partial charge is 0.280 e. The molecule has 0 spiro atoms. The molecule has 1 heterocycles. The molecule has 0 aliphatic carbocycles. The molecule has 1 saturated heterocycles. The molecule has 0 aromatic rings. The largest absolute Gasteiger partial charge is 0.396 e. The van der Waals surface area contributed by atoms with Gasteiger partial charge in [0.1, 0.15) is 6.04 Å². The molecule has 5 nitrogen and oxygen atoms in total. The highest BCUT2D eigenvalue weighted by Gasteiger charge is 2.30. The molecule has 1 aliphatic heterocycles. The average molecular weight is 328 g/mol. The van der Waals surface area contributed by atoms with Gasteiger partial charge in [0.25, 0.3) is 5.91 Å². The van der Waals surface area contributed by atoms with Crippen LogP contribution in [0.15, 0.2) is 11.4 Å². The van der Waals surface area contributed by atoms with Crippen molar-refractivity contribution in [1.29, 1.82) is 0 Å². The van der Waals surface area contributed by atoms with Crippen LogP contribution in [-0.2, 0) is 9.59 Å². The van der Waals surface area contributed by atoms with Gasteiger partial charge >= 0.3 is 0 Å². The number of piperidine rings is 1. The number of rotatable bonds is 6. The first kappa shape index (κ1) is 19.6. The molecular formula is C17H29FN2O3. The van der Waals surface area contributed by atoms with Gasteiger partial charge in [-0.25, -0.2) is 4.39 Å². The molecule has 0 saturated carbocycles. The van der Waals surface area contributed by atoms with Crippen LogP contribution in [0.25, 0.3) is 0 Å². The summed E-state index contributed by atoms with van der Waals surface area (Å²) in [6.45, 7) is 8.24. The maximum absolute atomic E-state index is 13.7. The second-order valence-electron chi connectivity index (χ2n) is 6.92. The molecule has 1 atom stereocenters. The average Bonchev–Trinajstić information content (AvgIpc) is 2.52. The molecular weight excluding hydrogens is 299 g/mol. The number of amides is 2. The molecule has 6 heteroatoms. The van der Waals surface area contributed by atoms with Crippen LogP contribution in [0, 0.1) is 11.8 Å². The molecule has 132 valence electrons. The number of halogens is 1. The maximum atomic E-state index is 13.7. The van der Waals surface area contributed by atoms with Crippen LogP contribution >= 0.6 is 0 Å². The van der Waals surface area contributed by atoms with Crippen LogP contribution in [0.2, 0.25) is 0 Å². The lowest BCUT2D eigenvalue weighted by Crippen LogP contribution is -2.51. The summed E-state index contributed by atoms with van der Waals surface area (Å²) in [7, 11) is 0. The number of hydrogen-bond donors (Lipinski definition) is 2. The molecule has 23 heavy (non-hydrogen) atoms. The van der Waals surface area contributed by atoms with Gasteiger partial charge in [-0.15, -0.1) is 0 Å². The Balaban J connectivity index is 2.75. The number of likely N-dealkylation sites (tertiary alicyclic amines) is 1. The summed E-state index contributed by atoms with van der Waals surface area (Å²) < 4.78 is 13.7. The topological polar surface area (TPSA) is 69.6 Å². The van der Waals surface area contributed by atoms with Gasteiger partial charge < -0.3 is 15.3 Å². The molecule has 2 N–H and O–H groups in total. The lowest BCUT2D eigenvalue weighted by atomic mass is 9.96. The minimum absolute atomic E-state index is 0.139. The Bertz CT molecular complexity index is 451. The first-order chi connectivity index (χ1) is 10.8. The van der Waals surface area contributed by atoms with Gasteiger partial charge in [-0.2, -0.15) is 0 Å². The van der Waals surface area contributed by atoms with E-state index in [0.717, 1.165) is 12.8 Å². The minimum atomic E-state index is -0.828. The number of carbonyl (C=O) groups is 2. The highest BCUT2D eigenvalue weighted by Crippen LogP contribution is 2.19. The third-order valence-electron chi connectivity index (χ3n) is 4.13. The number of nitrogens with one attached hydrogen (secondary N) is 1. The zero-order chi connectivity index (χ0) is 17.6. The van der Waals surface area contributed by atoms with E-state index in [1.807, 2.05) is 13.8 Å². The van der Waals surface area contributed by atoms with Gasteiger partial charge in [0, 0.05) is 19.7 Å². The highest BCUT2D eigenvalue weighted by atomic mass is 19.1. The lowest BCUT2D eigenvalue weighted by Gasteiger charge is -2.34. The molecule has 0 aromatic heterocycles. The van der Waals surface area contributed by atoms with E-state index in [1.165, 1.54) is 13.8 Å². The molecule has 1 rings (SSSR count). The number of hydrogen-bond acceptors (Lipinski definition) is 3. The Hall–Kier alpha value is -1.43. The highest BCUT2D eigenvalue weighted by molar-refractivity contribution is 5.95. The predicted octanol–water partition coefficient (Wildman–Crippen LogP) is 2.01. The first-order valence-electron chi connectivity index (χ1n) is 8.29. The summed E-state index contributed by atoms with van der Waals surface area (Å²) >= 11 is 0. The summed E-state index contributed by atoms with van der Waals surface area (Å²) in [6.07, 6.45) is 1.99. The number of nitrogens with zero attached hydrogens (tertiary/aromatic N) is 1. The fourth-order valence-electron chi connectivity index (χ4n) is 2.70. The van der Waals surface area contributed by atoms with Crippen LogP contribution in [0.1, 0.15) is 47.0 Å². The molecule has 2 amide bonds. The summed E-state index contributed by atoms with van der Waals surface area (Å²) in [5.41, 5.74) is 0.294. The molecule has 1 fully saturated rings. The van der Waals surface area contributed by atoms with Crippen LogP contribution in [0.5, 0.6) is 0 Å². The Morgan fingerprint density at radius 3 is 2.26 bits per heavy atom. The van der Waals surface area contributed by atoms with Gasteiger partial charge in [-0.3, -0.25) is 9.59 Å². The lowest BCUT2D eigenvalue weighted by molar-refractivity contribution is -0.137. The van der Waals surface area contributed by atoms with Gasteiger partial charge in [0.15, 0.2) is 5.83 Å². The van der Waals surface area contributed by atoms with Gasteiger partial charge in [-0.05, 0) is 50.5 Å². The van der Waals surface area contributed by atoms with Crippen LogP contribution in [0.4, 0.5) is 4.39 Å². The summed E-state index contributed by atoms with van der Waals surface area (Å²) in [6, 6.07) is -0.710. The van der Waals surface area contributed by atoms with Crippen molar-refractivity contribution in [3.8, 4) is 0 Å². The molecule has 0 bridgehead atoms. The van der Waals surface area contributed by atoms with E-state index in [4.69, 9.17) is 5.11 Å². The zero-order valence-electron chi connectivity index (χ0n) is 14.6. The van der Waals surface area contributed by atoms with E-state index in [2.05, 4.69) is 5.32 Å². The quantitative estimate of drug-likeness (QED) is 0.733. The minimum Gasteiger partial charge on any atom is -0.396 e. The van der Waals surface area contributed by atoms with Crippen LogP contribution < -0.4 is 5.32 Å². The van der Waals surface area contributed by atoms with Gasteiger partial charge in [-0.1, -0.05) is 13.8 Å². The Morgan fingerprint density at radius 2 is 1.83 bits per heavy atom. The second kappa shape index (κ2) is 9.01. The standard InChI is InChI=1S/C17H29FN2O3/c1-11(2)9-14(19-16(22)15(18)12(3)4)17(23)20-7-5-13(10-21)6-8-20/h11,13-14,21H,5-10H2,1-4H3,(H,19,22). The number of allylic oxidation sites excluding steroid dienone is 1. The molecule has 1 aliphatic rings. The van der Waals surface area contributed by atoms with Crippen LogP contribution in [-0.4, -0.2) is 47.6 Å². The SMILES string of the molecule is CC(C)=C(F)C(=O)NC(CC(C)C)C(=O)N1CCC(CO)CC1. The van der Waals surface area contributed by atoms with Crippen molar-refractivity contribution in [2.45, 2.75) is 53.0 Å². The summed E-state index contributed by atoms with van der Waals surface area (Å²) in [5.74, 6) is -1.38. The van der Waals surface area contributed by atoms with Crippen molar-refractivity contribution in [3.63, 3.8) is 0 Å². The van der Waals surface area contributed by atoms with Crippen molar-refractivity contribution < 1.29 is 19.1 Å². The van der Waals surface area contributed by atoms with Crippen molar-refractivity contribution in [3.05, 3.63) is 11.4 Å². The molecule has 0 aromatic carbocycles.